The van der Waals surface area contributed by atoms with E-state index in [4.69, 9.17) is 9.47 Å². The Morgan fingerprint density at radius 2 is 1.64 bits per heavy atom. The van der Waals surface area contributed by atoms with Gasteiger partial charge in [-0.15, -0.1) is 0 Å². The summed E-state index contributed by atoms with van der Waals surface area (Å²) in [6.07, 6.45) is 0.258. The van der Waals surface area contributed by atoms with E-state index in [2.05, 4.69) is 17.0 Å². The van der Waals surface area contributed by atoms with Crippen LogP contribution in [0.1, 0.15) is 6.42 Å². The van der Waals surface area contributed by atoms with E-state index in [9.17, 15) is 9.59 Å². The van der Waals surface area contributed by atoms with E-state index in [-0.39, 0.29) is 31.1 Å². The Morgan fingerprint density at radius 1 is 0.893 bits per heavy atom. The lowest BCUT2D eigenvalue weighted by molar-refractivity contribution is -0.915. The Labute approximate surface area is 163 Å². The van der Waals surface area contributed by atoms with E-state index in [1.165, 1.54) is 15.5 Å². The fraction of sp³-hybridized carbons (Fsp3) is 0.333. The minimum Gasteiger partial charge on any atom is -0.454 e. The minimum absolute atomic E-state index is 0.118. The number of hydrogen-bond donors (Lipinski definition) is 1. The SMILES string of the molecule is O=C1C[C@H]([NH+]2CCN(c3ccccc3)CC2)C(=O)N1c1ccc2c(c1)OCO2. The summed E-state index contributed by atoms with van der Waals surface area (Å²) in [6.45, 7) is 3.60. The van der Waals surface area contributed by atoms with Crippen molar-refractivity contribution in [2.75, 3.05) is 42.8 Å². The number of amides is 2. The number of ether oxygens (including phenoxy) is 2. The van der Waals surface area contributed by atoms with E-state index in [1.54, 1.807) is 18.2 Å². The number of imide groups is 1. The first-order valence-electron chi connectivity index (χ1n) is 9.62. The van der Waals surface area contributed by atoms with Crippen LogP contribution in [0.3, 0.4) is 0 Å². The highest BCUT2D eigenvalue weighted by Gasteiger charge is 2.46. The molecule has 3 heterocycles. The molecule has 0 bridgehead atoms. The molecule has 0 aliphatic carbocycles. The third-order valence-electron chi connectivity index (χ3n) is 5.78. The average molecular weight is 380 g/mol. The number of carbonyl (C=O) groups excluding carboxylic acids is 2. The maximum absolute atomic E-state index is 13.1. The van der Waals surface area contributed by atoms with Crippen LogP contribution in [0, 0.1) is 0 Å². The molecule has 0 aromatic heterocycles. The molecule has 7 heteroatoms. The highest BCUT2D eigenvalue weighted by atomic mass is 16.7. The maximum Gasteiger partial charge on any atom is 0.292 e. The molecule has 3 aliphatic rings. The smallest absolute Gasteiger partial charge is 0.292 e. The van der Waals surface area contributed by atoms with Crippen molar-refractivity contribution in [2.45, 2.75) is 12.5 Å². The van der Waals surface area contributed by atoms with Crippen LogP contribution in [0.25, 0.3) is 0 Å². The second kappa shape index (κ2) is 6.83. The van der Waals surface area contributed by atoms with Crippen LogP contribution in [0.2, 0.25) is 0 Å². The Kier molecular flexibility index (Phi) is 4.16. The average Bonchev–Trinajstić information content (AvgIpc) is 3.32. The molecule has 2 saturated heterocycles. The fourth-order valence-corrected chi connectivity index (χ4v) is 4.29. The van der Waals surface area contributed by atoms with E-state index < -0.39 is 0 Å². The standard InChI is InChI=1S/C21H21N3O4/c25-20-13-17(23-10-8-22(9-11-23)15-4-2-1-3-5-15)21(26)24(20)16-6-7-18-19(12-16)28-14-27-18/h1-7,12,17H,8-11,13-14H2/p+1/t17-/m0/s1. The predicted molar refractivity (Wildman–Crippen MR) is 103 cm³/mol. The monoisotopic (exact) mass is 380 g/mol. The summed E-state index contributed by atoms with van der Waals surface area (Å²) in [5.41, 5.74) is 1.77. The lowest BCUT2D eigenvalue weighted by Crippen LogP contribution is -3.19. The molecular formula is C21H22N3O4+. The van der Waals surface area contributed by atoms with Crippen molar-refractivity contribution in [1.82, 2.24) is 0 Å². The Bertz CT molecular complexity index is 909. The van der Waals surface area contributed by atoms with Crippen molar-refractivity contribution in [2.24, 2.45) is 0 Å². The molecule has 5 rings (SSSR count). The van der Waals surface area contributed by atoms with Gasteiger partial charge in [0.05, 0.1) is 38.3 Å². The summed E-state index contributed by atoms with van der Waals surface area (Å²) in [7, 11) is 0. The van der Waals surface area contributed by atoms with Gasteiger partial charge in [-0.25, -0.2) is 4.90 Å². The molecule has 0 unspecified atom stereocenters. The number of rotatable bonds is 3. The summed E-state index contributed by atoms with van der Waals surface area (Å²) in [6, 6.07) is 15.2. The Balaban J connectivity index is 1.29. The summed E-state index contributed by atoms with van der Waals surface area (Å²) in [5, 5.41) is 0. The second-order valence-electron chi connectivity index (χ2n) is 7.34. The number of para-hydroxylation sites is 1. The van der Waals surface area contributed by atoms with Crippen LogP contribution in [0.4, 0.5) is 11.4 Å². The number of nitrogens with zero attached hydrogens (tertiary/aromatic N) is 2. The summed E-state index contributed by atoms with van der Waals surface area (Å²) < 4.78 is 10.7. The van der Waals surface area contributed by atoms with Gasteiger partial charge in [0.15, 0.2) is 17.5 Å². The third-order valence-corrected chi connectivity index (χ3v) is 5.78. The zero-order chi connectivity index (χ0) is 19.1. The quantitative estimate of drug-likeness (QED) is 0.784. The largest absolute Gasteiger partial charge is 0.454 e. The van der Waals surface area contributed by atoms with E-state index in [0.29, 0.717) is 17.2 Å². The Hall–Kier alpha value is -3.06. The molecule has 28 heavy (non-hydrogen) atoms. The number of nitrogens with one attached hydrogen (secondary N) is 1. The van der Waals surface area contributed by atoms with Crippen LogP contribution in [-0.4, -0.2) is 50.8 Å². The first kappa shape index (κ1) is 17.1. The molecule has 2 aromatic rings. The molecule has 1 N–H and O–H groups in total. The molecule has 3 aliphatic heterocycles. The van der Waals surface area contributed by atoms with Gasteiger partial charge in [0, 0.05) is 11.8 Å². The van der Waals surface area contributed by atoms with Gasteiger partial charge in [-0.05, 0) is 24.3 Å². The van der Waals surface area contributed by atoms with Crippen molar-refractivity contribution in [3.05, 3.63) is 48.5 Å². The molecule has 0 spiro atoms. The van der Waals surface area contributed by atoms with Gasteiger partial charge in [0.2, 0.25) is 12.7 Å². The number of carbonyl (C=O) groups is 2. The normalized spacial score (nSPS) is 22.2. The van der Waals surface area contributed by atoms with Crippen LogP contribution in [-0.2, 0) is 9.59 Å². The van der Waals surface area contributed by atoms with E-state index in [0.717, 1.165) is 26.2 Å². The first-order chi connectivity index (χ1) is 13.7. The van der Waals surface area contributed by atoms with Crippen molar-refractivity contribution in [3.63, 3.8) is 0 Å². The lowest BCUT2D eigenvalue weighted by Gasteiger charge is -2.35. The highest BCUT2D eigenvalue weighted by Crippen LogP contribution is 2.36. The number of fused-ring (bicyclic) bond motifs is 1. The molecular weight excluding hydrogens is 358 g/mol. The third kappa shape index (κ3) is 2.88. The van der Waals surface area contributed by atoms with Crippen molar-refractivity contribution in [3.8, 4) is 11.5 Å². The Morgan fingerprint density at radius 3 is 2.43 bits per heavy atom. The van der Waals surface area contributed by atoms with Gasteiger partial charge in [0.1, 0.15) is 0 Å². The predicted octanol–water partition coefficient (Wildman–Crippen LogP) is 0.452. The van der Waals surface area contributed by atoms with Gasteiger partial charge in [-0.3, -0.25) is 9.59 Å². The maximum atomic E-state index is 13.1. The summed E-state index contributed by atoms with van der Waals surface area (Å²) >= 11 is 0. The van der Waals surface area contributed by atoms with E-state index >= 15 is 0 Å². The van der Waals surface area contributed by atoms with Crippen LogP contribution < -0.4 is 24.2 Å². The molecule has 2 aromatic carbocycles. The molecule has 144 valence electrons. The van der Waals surface area contributed by atoms with Crippen LogP contribution in [0.15, 0.2) is 48.5 Å². The van der Waals surface area contributed by atoms with Gasteiger partial charge in [0.25, 0.3) is 5.91 Å². The second-order valence-corrected chi connectivity index (χ2v) is 7.34. The van der Waals surface area contributed by atoms with Gasteiger partial charge < -0.3 is 19.3 Å². The van der Waals surface area contributed by atoms with Gasteiger partial charge >= 0.3 is 0 Å². The number of anilines is 2. The number of quaternary nitrogens is 1. The zero-order valence-corrected chi connectivity index (χ0v) is 15.5. The number of benzene rings is 2. The fourth-order valence-electron chi connectivity index (χ4n) is 4.29. The van der Waals surface area contributed by atoms with Crippen LogP contribution in [0.5, 0.6) is 11.5 Å². The first-order valence-corrected chi connectivity index (χ1v) is 9.62. The summed E-state index contributed by atoms with van der Waals surface area (Å²) in [5.74, 6) is 0.950. The number of hydrogen-bond acceptors (Lipinski definition) is 5. The molecule has 2 amide bonds. The van der Waals surface area contributed by atoms with Crippen molar-refractivity contribution < 1.29 is 24.0 Å². The molecule has 1 atom stereocenters. The number of piperazine rings is 1. The highest BCUT2D eigenvalue weighted by molar-refractivity contribution is 6.22. The molecule has 7 nitrogen and oxygen atoms in total. The van der Waals surface area contributed by atoms with E-state index in [1.807, 2.05) is 18.2 Å². The molecule has 2 fully saturated rings. The van der Waals surface area contributed by atoms with Crippen molar-refractivity contribution >= 4 is 23.2 Å². The molecule has 0 radical (unpaired) electrons. The van der Waals surface area contributed by atoms with Crippen molar-refractivity contribution in [1.29, 1.82) is 0 Å². The van der Waals surface area contributed by atoms with Gasteiger partial charge in [-0.1, -0.05) is 18.2 Å². The minimum atomic E-state index is -0.309. The lowest BCUT2D eigenvalue weighted by atomic mass is 10.1. The zero-order valence-electron chi connectivity index (χ0n) is 15.5. The summed E-state index contributed by atoms with van der Waals surface area (Å²) in [4.78, 5) is 30.5. The topological polar surface area (TPSA) is 63.5 Å². The molecule has 0 saturated carbocycles. The van der Waals surface area contributed by atoms with Gasteiger partial charge in [-0.2, -0.15) is 0 Å². The van der Waals surface area contributed by atoms with Crippen LogP contribution >= 0.6 is 0 Å².